The van der Waals surface area contributed by atoms with E-state index < -0.39 is 5.41 Å². The zero-order valence-corrected chi connectivity index (χ0v) is 20.8. The first-order chi connectivity index (χ1) is 17.3. The van der Waals surface area contributed by atoms with Gasteiger partial charge >= 0.3 is 0 Å². The van der Waals surface area contributed by atoms with Gasteiger partial charge in [0.05, 0.1) is 31.0 Å². The van der Waals surface area contributed by atoms with Crippen molar-refractivity contribution in [3.8, 4) is 22.9 Å². The van der Waals surface area contributed by atoms with Gasteiger partial charge in [-0.3, -0.25) is 14.3 Å². The minimum atomic E-state index is -0.518. The molecule has 2 amide bonds. The van der Waals surface area contributed by atoms with Crippen LogP contribution >= 0.6 is 0 Å². The van der Waals surface area contributed by atoms with Crippen LogP contribution in [0.2, 0.25) is 0 Å². The number of carbonyl (C=O) groups excluding carboxylic acids is 2. The van der Waals surface area contributed by atoms with E-state index in [0.29, 0.717) is 43.0 Å². The predicted molar refractivity (Wildman–Crippen MR) is 132 cm³/mol. The first-order valence-corrected chi connectivity index (χ1v) is 12.0. The van der Waals surface area contributed by atoms with Gasteiger partial charge in [-0.05, 0) is 38.8 Å². The van der Waals surface area contributed by atoms with Crippen molar-refractivity contribution in [3.05, 3.63) is 48.6 Å². The third-order valence-electron chi connectivity index (χ3n) is 7.45. The minimum absolute atomic E-state index is 0.114. The van der Waals surface area contributed by atoms with Crippen LogP contribution in [0.25, 0.3) is 16.6 Å². The molecule has 10 heteroatoms. The quantitative estimate of drug-likeness (QED) is 0.512. The number of likely N-dealkylation sites (tertiary alicyclic amines) is 2. The fourth-order valence-electron chi connectivity index (χ4n) is 5.46. The van der Waals surface area contributed by atoms with Crippen LogP contribution in [0.15, 0.2) is 37.3 Å². The molecule has 2 aliphatic heterocycles. The molecular weight excluding hydrogens is 458 g/mol. The monoisotopic (exact) mass is 487 g/mol. The zero-order chi connectivity index (χ0) is 25.6. The molecule has 5 heterocycles. The number of amides is 2. The number of rotatable bonds is 5. The first-order valence-electron chi connectivity index (χ1n) is 12.0. The second-order valence-corrected chi connectivity index (χ2v) is 9.83. The standard InChI is InChI=1S/C26H29N7O3/c1-5-23(34)31-15-26(3,16-31)25(35)30-8-6-20(7-9-30)33-17(2)21(13-29-33)18-10-22(36-4)24-19(11-27)12-28-32(24)14-18/h5,10,12-14,20H,1,6-9,15-16H2,2-4H3. The molecule has 2 fully saturated rings. The molecule has 0 N–H and O–H groups in total. The van der Waals surface area contributed by atoms with Gasteiger partial charge in [-0.2, -0.15) is 15.5 Å². The van der Waals surface area contributed by atoms with Gasteiger partial charge in [0, 0.05) is 49.2 Å². The van der Waals surface area contributed by atoms with Gasteiger partial charge in [-0.25, -0.2) is 4.52 Å². The number of ether oxygens (including phenoxy) is 1. The summed E-state index contributed by atoms with van der Waals surface area (Å²) in [5, 5.41) is 18.4. The van der Waals surface area contributed by atoms with Crippen LogP contribution in [0.5, 0.6) is 5.75 Å². The van der Waals surface area contributed by atoms with E-state index in [-0.39, 0.29) is 17.9 Å². The number of nitrogens with zero attached hydrogens (tertiary/aromatic N) is 7. The van der Waals surface area contributed by atoms with E-state index >= 15 is 0 Å². The van der Waals surface area contributed by atoms with E-state index in [0.717, 1.165) is 29.7 Å². The van der Waals surface area contributed by atoms with Crippen molar-refractivity contribution in [2.24, 2.45) is 5.41 Å². The molecule has 3 aromatic heterocycles. The number of hydrogen-bond donors (Lipinski definition) is 0. The lowest BCUT2D eigenvalue weighted by molar-refractivity contribution is -0.157. The molecule has 36 heavy (non-hydrogen) atoms. The SMILES string of the molecule is C=CC(=O)N1CC(C)(C(=O)N2CCC(n3ncc(-c4cc(OC)c5c(C#N)cnn5c4)c3C)CC2)C1. The average molecular weight is 488 g/mol. The van der Waals surface area contributed by atoms with Crippen molar-refractivity contribution >= 4 is 17.3 Å². The number of nitriles is 1. The molecule has 10 nitrogen and oxygen atoms in total. The smallest absolute Gasteiger partial charge is 0.246 e. The van der Waals surface area contributed by atoms with Crippen LogP contribution in [-0.2, 0) is 9.59 Å². The molecule has 2 saturated heterocycles. The number of pyridine rings is 1. The summed E-state index contributed by atoms with van der Waals surface area (Å²) < 4.78 is 9.27. The summed E-state index contributed by atoms with van der Waals surface area (Å²) in [6.07, 6.45) is 8.18. The number of carbonyl (C=O) groups is 2. The molecule has 0 spiro atoms. The highest BCUT2D eigenvalue weighted by Crippen LogP contribution is 2.36. The Morgan fingerprint density at radius 2 is 1.94 bits per heavy atom. The second kappa shape index (κ2) is 8.82. The van der Waals surface area contributed by atoms with Crippen molar-refractivity contribution in [3.63, 3.8) is 0 Å². The summed E-state index contributed by atoms with van der Waals surface area (Å²) in [6.45, 7) is 9.70. The summed E-state index contributed by atoms with van der Waals surface area (Å²) in [5.74, 6) is 0.570. The van der Waals surface area contributed by atoms with Crippen LogP contribution in [0.3, 0.4) is 0 Å². The fourth-order valence-corrected chi connectivity index (χ4v) is 5.46. The van der Waals surface area contributed by atoms with E-state index in [4.69, 9.17) is 9.84 Å². The highest BCUT2D eigenvalue weighted by molar-refractivity contribution is 5.91. The van der Waals surface area contributed by atoms with Crippen molar-refractivity contribution < 1.29 is 14.3 Å². The lowest BCUT2D eigenvalue weighted by atomic mass is 9.80. The van der Waals surface area contributed by atoms with E-state index in [9.17, 15) is 14.9 Å². The molecule has 2 aliphatic rings. The first kappa shape index (κ1) is 23.6. The molecule has 0 aromatic carbocycles. The average Bonchev–Trinajstić information content (AvgIpc) is 3.48. The minimum Gasteiger partial charge on any atom is -0.494 e. The summed E-state index contributed by atoms with van der Waals surface area (Å²) in [5.41, 5.74) is 3.48. The van der Waals surface area contributed by atoms with E-state index in [2.05, 4.69) is 17.7 Å². The van der Waals surface area contributed by atoms with Gasteiger partial charge in [0.2, 0.25) is 11.8 Å². The lowest BCUT2D eigenvalue weighted by Crippen LogP contribution is -2.64. The Balaban J connectivity index is 1.30. The Labute approximate surface area is 209 Å². The largest absolute Gasteiger partial charge is 0.494 e. The fraction of sp³-hybridized carbons (Fsp3) is 0.423. The van der Waals surface area contributed by atoms with Crippen molar-refractivity contribution in [1.82, 2.24) is 29.2 Å². The maximum absolute atomic E-state index is 13.1. The molecule has 0 aliphatic carbocycles. The molecule has 0 unspecified atom stereocenters. The number of fused-ring (bicyclic) bond motifs is 1. The van der Waals surface area contributed by atoms with Crippen molar-refractivity contribution in [2.45, 2.75) is 32.7 Å². The Morgan fingerprint density at radius 1 is 1.22 bits per heavy atom. The maximum atomic E-state index is 13.1. The summed E-state index contributed by atoms with van der Waals surface area (Å²) in [6, 6.07) is 4.25. The van der Waals surface area contributed by atoms with Gasteiger partial charge in [-0.1, -0.05) is 6.58 Å². The molecule has 0 radical (unpaired) electrons. The van der Waals surface area contributed by atoms with E-state index in [1.165, 1.54) is 12.3 Å². The Bertz CT molecular complexity index is 1400. The summed E-state index contributed by atoms with van der Waals surface area (Å²) >= 11 is 0. The number of piperidine rings is 1. The summed E-state index contributed by atoms with van der Waals surface area (Å²) in [4.78, 5) is 28.5. The van der Waals surface area contributed by atoms with Gasteiger partial charge in [0.1, 0.15) is 22.9 Å². The van der Waals surface area contributed by atoms with Gasteiger partial charge in [-0.15, -0.1) is 0 Å². The number of methoxy groups -OCH3 is 1. The molecule has 3 aromatic rings. The van der Waals surface area contributed by atoms with Gasteiger partial charge < -0.3 is 14.5 Å². The van der Waals surface area contributed by atoms with Crippen molar-refractivity contribution in [2.75, 3.05) is 33.3 Å². The topological polar surface area (TPSA) is 109 Å². The van der Waals surface area contributed by atoms with Crippen molar-refractivity contribution in [1.29, 1.82) is 5.26 Å². The zero-order valence-electron chi connectivity index (χ0n) is 20.8. The highest BCUT2D eigenvalue weighted by Gasteiger charge is 2.48. The van der Waals surface area contributed by atoms with Crippen LogP contribution in [0.4, 0.5) is 0 Å². The normalized spacial score (nSPS) is 17.5. The Hall–Kier alpha value is -4.13. The van der Waals surface area contributed by atoms with Crippen LogP contribution in [-0.4, -0.2) is 74.3 Å². The highest BCUT2D eigenvalue weighted by atomic mass is 16.5. The summed E-state index contributed by atoms with van der Waals surface area (Å²) in [7, 11) is 1.58. The van der Waals surface area contributed by atoms with E-state index in [1.807, 2.05) is 41.9 Å². The maximum Gasteiger partial charge on any atom is 0.246 e. The third-order valence-corrected chi connectivity index (χ3v) is 7.45. The third kappa shape index (κ3) is 3.71. The van der Waals surface area contributed by atoms with E-state index in [1.54, 1.807) is 16.5 Å². The van der Waals surface area contributed by atoms with Crippen LogP contribution < -0.4 is 4.74 Å². The predicted octanol–water partition coefficient (Wildman–Crippen LogP) is 2.58. The van der Waals surface area contributed by atoms with Crippen LogP contribution in [0.1, 0.15) is 37.1 Å². The molecule has 0 saturated carbocycles. The Morgan fingerprint density at radius 3 is 2.58 bits per heavy atom. The number of aromatic nitrogens is 4. The molecular formula is C26H29N7O3. The number of hydrogen-bond acceptors (Lipinski definition) is 6. The Kier molecular flexibility index (Phi) is 5.79. The second-order valence-electron chi connectivity index (χ2n) is 9.83. The molecule has 0 atom stereocenters. The van der Waals surface area contributed by atoms with Gasteiger partial charge in [0.25, 0.3) is 0 Å². The molecule has 5 rings (SSSR count). The van der Waals surface area contributed by atoms with Gasteiger partial charge in [0.15, 0.2) is 0 Å². The molecule has 0 bridgehead atoms. The molecule has 186 valence electrons. The lowest BCUT2D eigenvalue weighted by Gasteiger charge is -2.49. The van der Waals surface area contributed by atoms with Crippen LogP contribution in [0, 0.1) is 23.7 Å².